The predicted octanol–water partition coefficient (Wildman–Crippen LogP) is 4.55. The first-order chi connectivity index (χ1) is 14.5. The molecule has 0 aliphatic carbocycles. The van der Waals surface area contributed by atoms with E-state index in [4.69, 9.17) is 4.42 Å². The topological polar surface area (TPSA) is 70.8 Å². The van der Waals surface area contributed by atoms with Gasteiger partial charge >= 0.3 is 0 Å². The summed E-state index contributed by atoms with van der Waals surface area (Å²) in [5, 5.41) is 10.2. The van der Waals surface area contributed by atoms with Crippen LogP contribution in [0.1, 0.15) is 38.9 Å². The van der Waals surface area contributed by atoms with Gasteiger partial charge in [0.05, 0.1) is 17.0 Å². The second kappa shape index (κ2) is 6.88. The number of carbonyl (C=O) groups is 1. The van der Waals surface area contributed by atoms with Gasteiger partial charge in [0.15, 0.2) is 5.43 Å². The molecule has 0 spiro atoms. The lowest BCUT2D eigenvalue weighted by molar-refractivity contribution is 0.0714. The van der Waals surface area contributed by atoms with E-state index >= 15 is 0 Å². The van der Waals surface area contributed by atoms with Crippen molar-refractivity contribution < 1.29 is 14.3 Å². The van der Waals surface area contributed by atoms with Crippen molar-refractivity contribution in [3.8, 4) is 5.75 Å². The average Bonchev–Trinajstić information content (AvgIpc) is 3.02. The molecule has 0 saturated carbocycles. The van der Waals surface area contributed by atoms with E-state index in [1.807, 2.05) is 43.3 Å². The lowest BCUT2D eigenvalue weighted by atomic mass is 9.98. The lowest BCUT2D eigenvalue weighted by Crippen LogP contribution is -2.29. The van der Waals surface area contributed by atoms with Gasteiger partial charge in [-0.25, -0.2) is 0 Å². The van der Waals surface area contributed by atoms with Gasteiger partial charge in [0, 0.05) is 6.54 Å². The van der Waals surface area contributed by atoms with Crippen LogP contribution >= 0.6 is 0 Å². The van der Waals surface area contributed by atoms with Gasteiger partial charge in [0.1, 0.15) is 11.3 Å². The fraction of sp³-hybridized carbons (Fsp3) is 0.120. The van der Waals surface area contributed by atoms with Gasteiger partial charge in [0.2, 0.25) is 5.76 Å². The first-order valence-corrected chi connectivity index (χ1v) is 9.74. The maximum atomic E-state index is 13.5. The van der Waals surface area contributed by atoms with E-state index < -0.39 is 6.04 Å². The Morgan fingerprint density at radius 2 is 1.70 bits per heavy atom. The van der Waals surface area contributed by atoms with Gasteiger partial charge < -0.3 is 14.4 Å². The molecule has 5 nitrogen and oxygen atoms in total. The summed E-state index contributed by atoms with van der Waals surface area (Å²) in [4.78, 5) is 28.5. The average molecular weight is 397 g/mol. The Kier molecular flexibility index (Phi) is 4.17. The molecule has 1 atom stereocenters. The smallest absolute Gasteiger partial charge is 0.291 e. The number of hydrogen-bond donors (Lipinski definition) is 1. The van der Waals surface area contributed by atoms with Crippen LogP contribution < -0.4 is 5.43 Å². The van der Waals surface area contributed by atoms with Crippen LogP contribution in [0.2, 0.25) is 0 Å². The van der Waals surface area contributed by atoms with Crippen LogP contribution in [0, 0.1) is 6.92 Å². The SMILES string of the molecule is Cc1ccc2oc3c(c(=O)c2c1)[C@H](c1ccc(O)cc1)N(Cc1ccccc1)C3=O. The summed E-state index contributed by atoms with van der Waals surface area (Å²) >= 11 is 0. The molecule has 5 rings (SSSR count). The molecule has 1 amide bonds. The highest BCUT2D eigenvalue weighted by Crippen LogP contribution is 2.39. The minimum absolute atomic E-state index is 0.0883. The molecule has 1 aliphatic rings. The van der Waals surface area contributed by atoms with E-state index in [2.05, 4.69) is 0 Å². The van der Waals surface area contributed by atoms with Gasteiger partial charge in [-0.1, -0.05) is 54.1 Å². The number of benzene rings is 3. The number of aromatic hydroxyl groups is 1. The number of hydrogen-bond acceptors (Lipinski definition) is 4. The third kappa shape index (κ3) is 2.87. The van der Waals surface area contributed by atoms with Crippen LogP contribution in [0.15, 0.2) is 82.0 Å². The molecule has 30 heavy (non-hydrogen) atoms. The molecule has 1 aliphatic heterocycles. The standard InChI is InChI=1S/C25H19NO4/c1-15-7-12-20-19(13-15)23(28)21-22(17-8-10-18(27)11-9-17)26(25(29)24(21)30-20)14-16-5-3-2-4-6-16/h2-13,22,27H,14H2,1H3/t22-/m0/s1. The molecule has 5 heteroatoms. The molecule has 4 aromatic rings. The summed E-state index contributed by atoms with van der Waals surface area (Å²) in [7, 11) is 0. The van der Waals surface area contributed by atoms with E-state index in [0.29, 0.717) is 23.1 Å². The summed E-state index contributed by atoms with van der Waals surface area (Å²) < 4.78 is 5.96. The molecular formula is C25H19NO4. The van der Waals surface area contributed by atoms with Crippen LogP contribution in [0.3, 0.4) is 0 Å². The van der Waals surface area contributed by atoms with Gasteiger partial charge in [-0.05, 0) is 42.3 Å². The molecule has 1 aromatic heterocycles. The summed E-state index contributed by atoms with van der Waals surface area (Å²) in [5.41, 5.74) is 3.20. The predicted molar refractivity (Wildman–Crippen MR) is 113 cm³/mol. The highest BCUT2D eigenvalue weighted by Gasteiger charge is 2.42. The highest BCUT2D eigenvalue weighted by atomic mass is 16.3. The maximum Gasteiger partial charge on any atom is 0.291 e. The normalized spacial score (nSPS) is 15.6. The number of nitrogens with zero attached hydrogens (tertiary/aromatic N) is 1. The van der Waals surface area contributed by atoms with Crippen molar-refractivity contribution in [2.24, 2.45) is 0 Å². The Morgan fingerprint density at radius 3 is 2.43 bits per heavy atom. The number of rotatable bonds is 3. The van der Waals surface area contributed by atoms with Crippen molar-refractivity contribution in [2.75, 3.05) is 0 Å². The number of phenolic OH excluding ortho intramolecular Hbond substituents is 1. The number of fused-ring (bicyclic) bond motifs is 2. The fourth-order valence-corrected chi connectivity index (χ4v) is 4.08. The van der Waals surface area contributed by atoms with Crippen molar-refractivity contribution >= 4 is 16.9 Å². The largest absolute Gasteiger partial charge is 0.508 e. The quantitative estimate of drug-likeness (QED) is 0.550. The molecule has 0 bridgehead atoms. The molecular weight excluding hydrogens is 378 g/mol. The van der Waals surface area contributed by atoms with E-state index in [1.54, 1.807) is 41.3 Å². The van der Waals surface area contributed by atoms with Crippen LogP contribution in [0.25, 0.3) is 11.0 Å². The van der Waals surface area contributed by atoms with Crippen molar-refractivity contribution in [1.29, 1.82) is 0 Å². The lowest BCUT2D eigenvalue weighted by Gasteiger charge is -2.25. The summed E-state index contributed by atoms with van der Waals surface area (Å²) in [6.07, 6.45) is 0. The molecule has 0 radical (unpaired) electrons. The molecule has 148 valence electrons. The molecule has 1 N–H and O–H groups in total. The first kappa shape index (κ1) is 18.2. The minimum atomic E-state index is -0.588. The monoisotopic (exact) mass is 397 g/mol. The summed E-state index contributed by atoms with van der Waals surface area (Å²) in [6, 6.07) is 21.0. The highest BCUT2D eigenvalue weighted by molar-refractivity contribution is 5.99. The van der Waals surface area contributed by atoms with Gasteiger partial charge in [-0.2, -0.15) is 0 Å². The number of aryl methyl sites for hydroxylation is 1. The Morgan fingerprint density at radius 1 is 0.967 bits per heavy atom. The Bertz CT molecular complexity index is 1320. The van der Waals surface area contributed by atoms with Gasteiger partial charge in [0.25, 0.3) is 5.91 Å². The van der Waals surface area contributed by atoms with Crippen LogP contribution in [-0.4, -0.2) is 15.9 Å². The fourth-order valence-electron chi connectivity index (χ4n) is 4.08. The Hall–Kier alpha value is -3.86. The Balaban J connectivity index is 1.74. The van der Waals surface area contributed by atoms with Crippen LogP contribution in [-0.2, 0) is 6.54 Å². The first-order valence-electron chi connectivity index (χ1n) is 9.74. The molecule has 3 aromatic carbocycles. The second-order valence-electron chi connectivity index (χ2n) is 7.59. The second-order valence-corrected chi connectivity index (χ2v) is 7.59. The van der Waals surface area contributed by atoms with E-state index in [0.717, 1.165) is 16.7 Å². The maximum absolute atomic E-state index is 13.5. The number of amides is 1. The third-order valence-electron chi connectivity index (χ3n) is 5.53. The van der Waals surface area contributed by atoms with E-state index in [-0.39, 0.29) is 22.8 Å². The van der Waals surface area contributed by atoms with E-state index in [1.165, 1.54) is 0 Å². The van der Waals surface area contributed by atoms with Crippen molar-refractivity contribution in [3.63, 3.8) is 0 Å². The zero-order valence-electron chi connectivity index (χ0n) is 16.3. The van der Waals surface area contributed by atoms with Crippen LogP contribution in [0.4, 0.5) is 0 Å². The van der Waals surface area contributed by atoms with Crippen molar-refractivity contribution in [2.45, 2.75) is 19.5 Å². The minimum Gasteiger partial charge on any atom is -0.508 e. The van der Waals surface area contributed by atoms with Crippen molar-refractivity contribution in [3.05, 3.63) is 111 Å². The Labute approximate surface area is 172 Å². The summed E-state index contributed by atoms with van der Waals surface area (Å²) in [5.74, 6) is -0.101. The molecule has 2 heterocycles. The number of phenols is 1. The molecule has 0 unspecified atom stereocenters. The van der Waals surface area contributed by atoms with Gasteiger partial charge in [-0.15, -0.1) is 0 Å². The van der Waals surface area contributed by atoms with Crippen molar-refractivity contribution in [1.82, 2.24) is 4.90 Å². The van der Waals surface area contributed by atoms with Gasteiger partial charge in [-0.3, -0.25) is 9.59 Å². The molecule has 0 saturated heterocycles. The number of carbonyl (C=O) groups excluding carboxylic acids is 1. The summed E-state index contributed by atoms with van der Waals surface area (Å²) in [6.45, 7) is 2.25. The zero-order valence-corrected chi connectivity index (χ0v) is 16.3. The zero-order chi connectivity index (χ0) is 20.8. The third-order valence-corrected chi connectivity index (χ3v) is 5.53. The van der Waals surface area contributed by atoms with E-state index in [9.17, 15) is 14.7 Å². The molecule has 0 fully saturated rings. The van der Waals surface area contributed by atoms with Crippen LogP contribution in [0.5, 0.6) is 5.75 Å².